The van der Waals surface area contributed by atoms with Gasteiger partial charge in [0.1, 0.15) is 17.9 Å². The monoisotopic (exact) mass is 240 g/mol. The molecule has 0 fully saturated rings. The number of halogens is 1. The van der Waals surface area contributed by atoms with E-state index in [0.29, 0.717) is 15.3 Å². The van der Waals surface area contributed by atoms with Crippen LogP contribution in [0.15, 0.2) is 18.2 Å². The Morgan fingerprint density at radius 2 is 2.38 bits per heavy atom. The normalized spacial score (nSPS) is 10.6. The molecule has 2 rings (SSSR count). The Morgan fingerprint density at radius 3 is 3.00 bits per heavy atom. The Kier molecular flexibility index (Phi) is 2.74. The quantitative estimate of drug-likeness (QED) is 0.891. The van der Waals surface area contributed by atoms with Crippen LogP contribution in [0.2, 0.25) is 0 Å². The van der Waals surface area contributed by atoms with Crippen LogP contribution in [0.5, 0.6) is 0 Å². The number of anilines is 1. The molecule has 0 aliphatic carbocycles. The lowest BCUT2D eigenvalue weighted by molar-refractivity contribution is -0.135. The van der Waals surface area contributed by atoms with E-state index in [-0.39, 0.29) is 12.4 Å². The number of rotatable bonds is 3. The Morgan fingerprint density at radius 1 is 1.62 bits per heavy atom. The highest BCUT2D eigenvalue weighted by atomic mass is 32.1. The number of nitrogens with zero attached hydrogens (tertiary/aromatic N) is 2. The fourth-order valence-electron chi connectivity index (χ4n) is 1.34. The van der Waals surface area contributed by atoms with Crippen LogP contribution in [0.1, 0.15) is 0 Å². The summed E-state index contributed by atoms with van der Waals surface area (Å²) in [4.78, 5) is 16.1. The minimum absolute atomic E-state index is 0.151. The molecule has 1 N–H and O–H groups in total. The summed E-state index contributed by atoms with van der Waals surface area (Å²) in [5, 5.41) is 9.14. The molecule has 0 spiro atoms. The Balaban J connectivity index is 2.39. The van der Waals surface area contributed by atoms with Crippen LogP contribution in [0, 0.1) is 5.82 Å². The van der Waals surface area contributed by atoms with Gasteiger partial charge in [-0.05, 0) is 12.1 Å². The predicted molar refractivity (Wildman–Crippen MR) is 60.5 cm³/mol. The van der Waals surface area contributed by atoms with E-state index in [1.54, 1.807) is 19.2 Å². The summed E-state index contributed by atoms with van der Waals surface area (Å²) >= 11 is 1.27. The lowest BCUT2D eigenvalue weighted by Crippen LogP contribution is -2.24. The topological polar surface area (TPSA) is 53.4 Å². The number of para-hydroxylation sites is 1. The molecule has 0 radical (unpaired) electrons. The predicted octanol–water partition coefficient (Wildman–Crippen LogP) is 1.96. The van der Waals surface area contributed by atoms with Gasteiger partial charge in [-0.15, -0.1) is 0 Å². The average molecular weight is 240 g/mol. The molecule has 1 aromatic carbocycles. The minimum Gasteiger partial charge on any atom is -0.480 e. The molecule has 0 saturated carbocycles. The SMILES string of the molecule is CN(CC(=O)O)c1nc2c(F)cccc2s1. The molecule has 0 atom stereocenters. The second kappa shape index (κ2) is 4.05. The zero-order valence-corrected chi connectivity index (χ0v) is 9.29. The van der Waals surface area contributed by atoms with Crippen molar-refractivity contribution < 1.29 is 14.3 Å². The third-order valence-electron chi connectivity index (χ3n) is 2.06. The van der Waals surface area contributed by atoms with Crippen molar-refractivity contribution in [1.29, 1.82) is 0 Å². The van der Waals surface area contributed by atoms with Crippen molar-refractivity contribution in [3.63, 3.8) is 0 Å². The lowest BCUT2D eigenvalue weighted by atomic mass is 10.3. The van der Waals surface area contributed by atoms with E-state index in [1.807, 2.05) is 0 Å². The highest BCUT2D eigenvalue weighted by molar-refractivity contribution is 7.22. The Labute approximate surface area is 94.9 Å². The molecule has 1 aromatic heterocycles. The highest BCUT2D eigenvalue weighted by Crippen LogP contribution is 2.29. The number of hydrogen-bond acceptors (Lipinski definition) is 4. The third kappa shape index (κ3) is 1.96. The zero-order valence-electron chi connectivity index (χ0n) is 8.48. The number of benzene rings is 1. The number of aliphatic carboxylic acids is 1. The summed E-state index contributed by atoms with van der Waals surface area (Å²) in [6, 6.07) is 4.70. The van der Waals surface area contributed by atoms with Crippen LogP contribution in [-0.4, -0.2) is 29.7 Å². The molecule has 1 heterocycles. The molecular weight excluding hydrogens is 231 g/mol. The number of carboxylic acids is 1. The van der Waals surface area contributed by atoms with Crippen molar-refractivity contribution in [3.8, 4) is 0 Å². The number of carboxylic acid groups (broad SMARTS) is 1. The van der Waals surface area contributed by atoms with E-state index in [2.05, 4.69) is 4.98 Å². The number of hydrogen-bond donors (Lipinski definition) is 1. The van der Waals surface area contributed by atoms with Gasteiger partial charge in [0.15, 0.2) is 5.13 Å². The van der Waals surface area contributed by atoms with E-state index in [1.165, 1.54) is 22.3 Å². The molecule has 0 saturated heterocycles. The molecule has 6 heteroatoms. The van der Waals surface area contributed by atoms with Gasteiger partial charge in [-0.3, -0.25) is 4.79 Å². The van der Waals surface area contributed by atoms with Crippen molar-refractivity contribution in [2.45, 2.75) is 0 Å². The van der Waals surface area contributed by atoms with Gasteiger partial charge < -0.3 is 10.0 Å². The first-order chi connectivity index (χ1) is 7.58. The lowest BCUT2D eigenvalue weighted by Gasteiger charge is -2.11. The van der Waals surface area contributed by atoms with Crippen LogP contribution < -0.4 is 4.90 Å². The first-order valence-corrected chi connectivity index (χ1v) is 5.37. The van der Waals surface area contributed by atoms with Gasteiger partial charge in [-0.2, -0.15) is 0 Å². The van der Waals surface area contributed by atoms with Crippen molar-refractivity contribution in [1.82, 2.24) is 4.98 Å². The van der Waals surface area contributed by atoms with Crippen LogP contribution in [-0.2, 0) is 4.79 Å². The smallest absolute Gasteiger partial charge is 0.323 e. The van der Waals surface area contributed by atoms with Crippen LogP contribution in [0.3, 0.4) is 0 Å². The average Bonchev–Trinajstić information content (AvgIpc) is 2.61. The van der Waals surface area contributed by atoms with Gasteiger partial charge in [0.05, 0.1) is 4.70 Å². The fourth-order valence-corrected chi connectivity index (χ4v) is 2.28. The van der Waals surface area contributed by atoms with Crippen molar-refractivity contribution >= 4 is 32.7 Å². The van der Waals surface area contributed by atoms with Gasteiger partial charge in [0, 0.05) is 7.05 Å². The molecule has 0 bridgehead atoms. The first kappa shape index (κ1) is 10.8. The van der Waals surface area contributed by atoms with Gasteiger partial charge in [0.25, 0.3) is 0 Å². The summed E-state index contributed by atoms with van der Waals surface area (Å²) < 4.78 is 14.0. The molecule has 0 amide bonds. The molecule has 4 nitrogen and oxygen atoms in total. The minimum atomic E-state index is -0.942. The molecule has 2 aromatic rings. The van der Waals surface area contributed by atoms with Gasteiger partial charge in [-0.1, -0.05) is 17.4 Å². The van der Waals surface area contributed by atoms with Crippen LogP contribution in [0.4, 0.5) is 9.52 Å². The summed E-state index contributed by atoms with van der Waals surface area (Å²) in [7, 11) is 1.61. The maximum absolute atomic E-state index is 13.3. The van der Waals surface area contributed by atoms with E-state index in [0.717, 1.165) is 0 Å². The second-order valence-corrected chi connectivity index (χ2v) is 4.34. The van der Waals surface area contributed by atoms with E-state index in [4.69, 9.17) is 5.11 Å². The number of aromatic nitrogens is 1. The maximum Gasteiger partial charge on any atom is 0.323 e. The molecular formula is C10H9FN2O2S. The molecule has 0 unspecified atom stereocenters. The van der Waals surface area contributed by atoms with Crippen LogP contribution >= 0.6 is 11.3 Å². The number of fused-ring (bicyclic) bond motifs is 1. The highest BCUT2D eigenvalue weighted by Gasteiger charge is 2.12. The first-order valence-electron chi connectivity index (χ1n) is 4.56. The third-order valence-corrected chi connectivity index (χ3v) is 3.19. The van der Waals surface area contributed by atoms with E-state index >= 15 is 0 Å². The van der Waals surface area contributed by atoms with Gasteiger partial charge >= 0.3 is 5.97 Å². The van der Waals surface area contributed by atoms with E-state index < -0.39 is 5.97 Å². The van der Waals surface area contributed by atoms with Crippen molar-refractivity contribution in [2.75, 3.05) is 18.5 Å². The second-order valence-electron chi connectivity index (χ2n) is 3.33. The standard InChI is InChI=1S/C10H9FN2O2S/c1-13(5-8(14)15)10-12-9-6(11)3-2-4-7(9)16-10/h2-4H,5H2,1H3,(H,14,15). The Bertz CT molecular complexity index is 541. The Hall–Kier alpha value is -1.69. The molecule has 0 aliphatic rings. The van der Waals surface area contributed by atoms with Crippen molar-refractivity contribution in [3.05, 3.63) is 24.0 Å². The summed E-state index contributed by atoms with van der Waals surface area (Å²) in [5.74, 6) is -1.33. The zero-order chi connectivity index (χ0) is 11.7. The van der Waals surface area contributed by atoms with Crippen molar-refractivity contribution in [2.24, 2.45) is 0 Å². The summed E-state index contributed by atoms with van der Waals surface area (Å²) in [6.45, 7) is -0.151. The van der Waals surface area contributed by atoms with Gasteiger partial charge in [0.2, 0.25) is 0 Å². The summed E-state index contributed by atoms with van der Waals surface area (Å²) in [6.07, 6.45) is 0. The number of likely N-dealkylation sites (N-methyl/N-ethyl adjacent to an activating group) is 1. The number of carbonyl (C=O) groups is 1. The maximum atomic E-state index is 13.3. The van der Waals surface area contributed by atoms with E-state index in [9.17, 15) is 9.18 Å². The summed E-state index contributed by atoms with van der Waals surface area (Å²) in [5.41, 5.74) is 0.291. The fraction of sp³-hybridized carbons (Fsp3) is 0.200. The molecule has 84 valence electrons. The largest absolute Gasteiger partial charge is 0.480 e. The molecule has 16 heavy (non-hydrogen) atoms. The molecule has 0 aliphatic heterocycles. The van der Waals surface area contributed by atoms with Crippen LogP contribution in [0.25, 0.3) is 10.2 Å². The van der Waals surface area contributed by atoms with Gasteiger partial charge in [-0.25, -0.2) is 9.37 Å². The number of thiazole rings is 1.